The Labute approximate surface area is 162 Å². The summed E-state index contributed by atoms with van der Waals surface area (Å²) in [7, 11) is -0.713. The van der Waals surface area contributed by atoms with Gasteiger partial charge in [-0.25, -0.2) is 12.7 Å². The molecule has 1 amide bonds. The van der Waals surface area contributed by atoms with E-state index >= 15 is 0 Å². The van der Waals surface area contributed by atoms with Crippen molar-refractivity contribution >= 4 is 44.8 Å². The highest BCUT2D eigenvalue weighted by molar-refractivity contribution is 7.89. The van der Waals surface area contributed by atoms with Crippen LogP contribution in [0, 0.1) is 6.92 Å². The Morgan fingerprint density at radius 3 is 2.46 bits per heavy atom. The molecule has 0 atom stereocenters. The van der Waals surface area contributed by atoms with Crippen molar-refractivity contribution in [2.75, 3.05) is 26.0 Å². The maximum Gasteiger partial charge on any atom is 0.262 e. The Balaban J connectivity index is 2.11. The number of anilines is 1. The second kappa shape index (κ2) is 8.26. The lowest BCUT2D eigenvalue weighted by atomic mass is 10.2. The van der Waals surface area contributed by atoms with Crippen molar-refractivity contribution < 1.29 is 17.9 Å². The number of benzene rings is 2. The smallest absolute Gasteiger partial charge is 0.262 e. The number of amides is 1. The first-order valence-corrected chi connectivity index (χ1v) is 9.71. The summed E-state index contributed by atoms with van der Waals surface area (Å²) in [5.41, 5.74) is 1.12. The van der Waals surface area contributed by atoms with Crippen LogP contribution < -0.4 is 10.1 Å². The molecule has 2 aromatic rings. The minimum absolute atomic E-state index is 0.0880. The van der Waals surface area contributed by atoms with Gasteiger partial charge in [0.25, 0.3) is 5.91 Å². The van der Waals surface area contributed by atoms with Gasteiger partial charge in [0.1, 0.15) is 5.75 Å². The highest BCUT2D eigenvalue weighted by Crippen LogP contribution is 2.27. The van der Waals surface area contributed by atoms with Crippen molar-refractivity contribution in [3.8, 4) is 5.75 Å². The summed E-state index contributed by atoms with van der Waals surface area (Å²) < 4.78 is 30.9. The zero-order chi connectivity index (χ0) is 19.5. The highest BCUT2D eigenvalue weighted by atomic mass is 35.5. The monoisotopic (exact) mass is 416 g/mol. The van der Waals surface area contributed by atoms with Crippen molar-refractivity contribution in [1.29, 1.82) is 0 Å². The molecule has 0 radical (unpaired) electrons. The van der Waals surface area contributed by atoms with E-state index in [1.54, 1.807) is 25.1 Å². The fourth-order valence-electron chi connectivity index (χ4n) is 2.03. The molecule has 6 nitrogen and oxygen atoms in total. The lowest BCUT2D eigenvalue weighted by Crippen LogP contribution is -2.23. The van der Waals surface area contributed by atoms with Crippen LogP contribution in [0.5, 0.6) is 5.75 Å². The molecule has 0 aromatic heterocycles. The number of nitrogens with zero attached hydrogens (tertiary/aromatic N) is 1. The van der Waals surface area contributed by atoms with Crippen LogP contribution >= 0.6 is 23.2 Å². The third kappa shape index (κ3) is 4.88. The molecule has 0 heterocycles. The van der Waals surface area contributed by atoms with Crippen LogP contribution in [-0.2, 0) is 14.8 Å². The van der Waals surface area contributed by atoms with Gasteiger partial charge >= 0.3 is 0 Å². The van der Waals surface area contributed by atoms with Gasteiger partial charge in [-0.05, 0) is 42.8 Å². The number of halogens is 2. The molecule has 2 rings (SSSR count). The second-order valence-electron chi connectivity index (χ2n) is 5.68. The number of hydrogen-bond acceptors (Lipinski definition) is 4. The predicted octanol–water partition coefficient (Wildman–Crippen LogP) is 3.57. The molecule has 0 aliphatic heterocycles. The number of ether oxygens (including phenoxy) is 1. The molecule has 0 fully saturated rings. The molecule has 0 aliphatic rings. The number of sulfonamides is 1. The molecular weight excluding hydrogens is 399 g/mol. The van der Waals surface area contributed by atoms with Crippen LogP contribution in [0.3, 0.4) is 0 Å². The lowest BCUT2D eigenvalue weighted by molar-refractivity contribution is -0.118. The minimum atomic E-state index is -3.60. The third-order valence-electron chi connectivity index (χ3n) is 3.51. The van der Waals surface area contributed by atoms with Gasteiger partial charge < -0.3 is 10.1 Å². The van der Waals surface area contributed by atoms with E-state index < -0.39 is 15.9 Å². The van der Waals surface area contributed by atoms with Gasteiger partial charge in [-0.3, -0.25) is 4.79 Å². The van der Waals surface area contributed by atoms with Gasteiger partial charge in [0, 0.05) is 24.8 Å². The standard InChI is InChI=1S/C17H18Cl2N2O4S/c1-11-4-6-13(26(23,24)21(2)3)9-15(11)20-17(22)10-25-16-7-5-12(18)8-14(16)19/h4-9H,10H2,1-3H3,(H,20,22). The maximum absolute atomic E-state index is 12.2. The van der Waals surface area contributed by atoms with Crippen molar-refractivity contribution in [2.24, 2.45) is 0 Å². The Bertz CT molecular complexity index is 930. The minimum Gasteiger partial charge on any atom is -0.482 e. The molecule has 1 N–H and O–H groups in total. The average molecular weight is 417 g/mol. The van der Waals surface area contributed by atoms with Crippen molar-refractivity contribution in [3.05, 3.63) is 52.0 Å². The molecule has 0 bridgehead atoms. The molecule has 0 saturated heterocycles. The fraction of sp³-hybridized carbons (Fsp3) is 0.235. The summed E-state index contributed by atoms with van der Waals surface area (Å²) in [5, 5.41) is 3.40. The van der Waals surface area contributed by atoms with Gasteiger partial charge in [-0.1, -0.05) is 29.3 Å². The van der Waals surface area contributed by atoms with Crippen LogP contribution in [0.4, 0.5) is 5.69 Å². The van der Waals surface area contributed by atoms with Gasteiger partial charge in [-0.15, -0.1) is 0 Å². The van der Waals surface area contributed by atoms with E-state index in [1.807, 2.05) is 0 Å². The van der Waals surface area contributed by atoms with Crippen molar-refractivity contribution in [3.63, 3.8) is 0 Å². The first kappa shape index (κ1) is 20.5. The Kier molecular flexibility index (Phi) is 6.52. The normalized spacial score (nSPS) is 11.5. The molecule has 0 aliphatic carbocycles. The zero-order valence-corrected chi connectivity index (χ0v) is 16.7. The Morgan fingerprint density at radius 2 is 1.85 bits per heavy atom. The fourth-order valence-corrected chi connectivity index (χ4v) is 3.42. The molecule has 0 spiro atoms. The summed E-state index contributed by atoms with van der Waals surface area (Å²) in [5.74, 6) is -0.120. The first-order chi connectivity index (χ1) is 12.1. The van der Waals surface area contributed by atoms with Crippen LogP contribution in [0.2, 0.25) is 10.0 Å². The molecule has 140 valence electrons. The van der Waals surface area contributed by atoms with Crippen molar-refractivity contribution in [2.45, 2.75) is 11.8 Å². The molecule has 2 aromatic carbocycles. The number of nitrogens with one attached hydrogen (secondary N) is 1. The number of rotatable bonds is 6. The van der Waals surface area contributed by atoms with Crippen LogP contribution in [-0.4, -0.2) is 39.3 Å². The summed E-state index contributed by atoms with van der Waals surface area (Å²) in [6, 6.07) is 9.20. The van der Waals surface area contributed by atoms with E-state index in [-0.39, 0.29) is 11.5 Å². The van der Waals surface area contributed by atoms with Crippen LogP contribution in [0.1, 0.15) is 5.56 Å². The topological polar surface area (TPSA) is 75.7 Å². The summed E-state index contributed by atoms with van der Waals surface area (Å²) in [4.78, 5) is 12.2. The highest BCUT2D eigenvalue weighted by Gasteiger charge is 2.18. The second-order valence-corrected chi connectivity index (χ2v) is 8.67. The number of carbonyl (C=O) groups is 1. The Hall–Kier alpha value is -1.80. The van der Waals surface area contributed by atoms with Gasteiger partial charge in [0.2, 0.25) is 10.0 Å². The number of aryl methyl sites for hydroxylation is 1. The van der Waals surface area contributed by atoms with Crippen LogP contribution in [0.25, 0.3) is 0 Å². The molecular formula is C17H18Cl2N2O4S. The molecule has 26 heavy (non-hydrogen) atoms. The summed E-state index contributed by atoms with van der Waals surface area (Å²) >= 11 is 11.8. The zero-order valence-electron chi connectivity index (χ0n) is 14.4. The van der Waals surface area contributed by atoms with E-state index in [4.69, 9.17) is 27.9 Å². The molecule has 9 heteroatoms. The average Bonchev–Trinajstić information content (AvgIpc) is 2.55. The van der Waals surface area contributed by atoms with Gasteiger partial charge in [0.05, 0.1) is 9.92 Å². The van der Waals surface area contributed by atoms with E-state index in [0.29, 0.717) is 21.5 Å². The van der Waals surface area contributed by atoms with Gasteiger partial charge in [0.15, 0.2) is 6.61 Å². The third-order valence-corrected chi connectivity index (χ3v) is 5.86. The molecule has 0 saturated carbocycles. The van der Waals surface area contributed by atoms with Gasteiger partial charge in [-0.2, -0.15) is 0 Å². The summed E-state index contributed by atoms with van der Waals surface area (Å²) in [6.07, 6.45) is 0. The Morgan fingerprint density at radius 1 is 1.15 bits per heavy atom. The largest absolute Gasteiger partial charge is 0.482 e. The number of hydrogen-bond donors (Lipinski definition) is 1. The van der Waals surface area contributed by atoms with Crippen molar-refractivity contribution in [1.82, 2.24) is 4.31 Å². The SMILES string of the molecule is Cc1ccc(S(=O)(=O)N(C)C)cc1NC(=O)COc1ccc(Cl)cc1Cl. The maximum atomic E-state index is 12.2. The van der Waals surface area contributed by atoms with E-state index in [2.05, 4.69) is 5.32 Å². The molecule has 0 unspecified atom stereocenters. The van der Waals surface area contributed by atoms with E-state index in [0.717, 1.165) is 9.87 Å². The van der Waals surface area contributed by atoms with E-state index in [9.17, 15) is 13.2 Å². The predicted molar refractivity (Wildman–Crippen MR) is 103 cm³/mol. The van der Waals surface area contributed by atoms with Crippen LogP contribution in [0.15, 0.2) is 41.3 Å². The van der Waals surface area contributed by atoms with E-state index in [1.165, 1.54) is 32.3 Å². The first-order valence-electron chi connectivity index (χ1n) is 7.52. The summed E-state index contributed by atoms with van der Waals surface area (Å²) in [6.45, 7) is 1.48. The lowest BCUT2D eigenvalue weighted by Gasteiger charge is -2.15. The quantitative estimate of drug-likeness (QED) is 0.780. The number of carbonyl (C=O) groups excluding carboxylic acids is 1.